The molecule has 0 aliphatic carbocycles. The molecule has 5 nitrogen and oxygen atoms in total. The fraction of sp³-hybridized carbons (Fsp3) is 0.385. The molecule has 1 unspecified atom stereocenters. The molecule has 1 aliphatic rings. The number of rotatable bonds is 4. The molecule has 0 radical (unpaired) electrons. The lowest BCUT2D eigenvalue weighted by Gasteiger charge is -2.08. The zero-order valence-corrected chi connectivity index (χ0v) is 10.9. The quantitative estimate of drug-likeness (QED) is 0.331. The topological polar surface area (TPSA) is 61.8 Å². The van der Waals surface area contributed by atoms with Gasteiger partial charge in [0.2, 0.25) is 0 Å². The van der Waals surface area contributed by atoms with Crippen LogP contribution in [0.3, 0.4) is 0 Å². The third kappa shape index (κ3) is 3.76. The van der Waals surface area contributed by atoms with Crippen molar-refractivity contribution in [2.24, 2.45) is 0 Å². The van der Waals surface area contributed by atoms with Crippen molar-refractivity contribution < 1.29 is 23.8 Å². The molecule has 0 spiro atoms. The molecule has 0 saturated carbocycles. The Morgan fingerprint density at radius 2 is 2.11 bits per heavy atom. The van der Waals surface area contributed by atoms with Crippen LogP contribution in [0.4, 0.5) is 0 Å². The number of allylic oxidation sites excluding steroid dienone is 1. The van der Waals surface area contributed by atoms with Crippen molar-refractivity contribution >= 4 is 11.9 Å². The van der Waals surface area contributed by atoms with Gasteiger partial charge in [-0.3, -0.25) is 0 Å². The van der Waals surface area contributed by atoms with Crippen LogP contribution in [0.15, 0.2) is 35.1 Å². The number of ether oxygens (including phenoxy) is 3. The average Bonchev–Trinajstić information content (AvgIpc) is 2.62. The third-order valence-corrected chi connectivity index (χ3v) is 2.13. The molecule has 0 aromatic rings. The summed E-state index contributed by atoms with van der Waals surface area (Å²) in [6, 6.07) is 0. The molecule has 0 aromatic heterocycles. The fourth-order valence-electron chi connectivity index (χ4n) is 1.28. The fourth-order valence-corrected chi connectivity index (χ4v) is 1.28. The van der Waals surface area contributed by atoms with Gasteiger partial charge in [-0.2, -0.15) is 0 Å². The predicted molar refractivity (Wildman–Crippen MR) is 64.3 cm³/mol. The molecule has 0 bridgehead atoms. The predicted octanol–water partition coefficient (Wildman–Crippen LogP) is 1.86. The van der Waals surface area contributed by atoms with Gasteiger partial charge in [0.15, 0.2) is 0 Å². The summed E-state index contributed by atoms with van der Waals surface area (Å²) in [6.45, 7) is 5.32. The van der Waals surface area contributed by atoms with Gasteiger partial charge in [-0.15, -0.1) is 0 Å². The zero-order chi connectivity index (χ0) is 13.7. The Morgan fingerprint density at radius 3 is 2.56 bits per heavy atom. The van der Waals surface area contributed by atoms with E-state index in [-0.39, 0.29) is 5.57 Å². The summed E-state index contributed by atoms with van der Waals surface area (Å²) >= 11 is 0. The Hall–Kier alpha value is -2.04. The molecule has 0 N–H and O–H groups in total. The maximum atomic E-state index is 11.4. The number of esters is 2. The van der Waals surface area contributed by atoms with Crippen molar-refractivity contribution in [1.29, 1.82) is 0 Å². The maximum Gasteiger partial charge on any atom is 0.340 e. The van der Waals surface area contributed by atoms with Gasteiger partial charge in [0.1, 0.15) is 6.26 Å². The molecule has 0 aromatic carbocycles. The third-order valence-electron chi connectivity index (χ3n) is 2.13. The Balaban J connectivity index is 2.76. The van der Waals surface area contributed by atoms with Gasteiger partial charge in [0, 0.05) is 11.6 Å². The van der Waals surface area contributed by atoms with Gasteiger partial charge in [-0.05, 0) is 26.8 Å². The lowest BCUT2D eigenvalue weighted by atomic mass is 10.2. The van der Waals surface area contributed by atoms with E-state index in [0.29, 0.717) is 5.57 Å². The van der Waals surface area contributed by atoms with Crippen LogP contribution in [0.25, 0.3) is 0 Å². The number of carbonyl (C=O) groups is 2. The van der Waals surface area contributed by atoms with E-state index in [4.69, 9.17) is 9.47 Å². The summed E-state index contributed by atoms with van der Waals surface area (Å²) in [4.78, 5) is 22.5. The van der Waals surface area contributed by atoms with E-state index in [1.165, 1.54) is 19.4 Å². The highest BCUT2D eigenvalue weighted by Gasteiger charge is 2.22. The summed E-state index contributed by atoms with van der Waals surface area (Å²) in [5.41, 5.74) is 1.66. The highest BCUT2D eigenvalue weighted by molar-refractivity contribution is 5.91. The Bertz CT molecular complexity index is 438. The van der Waals surface area contributed by atoms with Crippen LogP contribution in [0, 0.1) is 0 Å². The first-order chi connectivity index (χ1) is 8.43. The van der Waals surface area contributed by atoms with Crippen molar-refractivity contribution in [1.82, 2.24) is 0 Å². The first-order valence-electron chi connectivity index (χ1n) is 5.42. The van der Waals surface area contributed by atoms with Crippen LogP contribution >= 0.6 is 0 Å². The van der Waals surface area contributed by atoms with Crippen LogP contribution in [0.2, 0.25) is 0 Å². The van der Waals surface area contributed by atoms with Crippen LogP contribution < -0.4 is 0 Å². The molecule has 98 valence electrons. The van der Waals surface area contributed by atoms with E-state index in [9.17, 15) is 9.59 Å². The highest BCUT2D eigenvalue weighted by atomic mass is 16.7. The van der Waals surface area contributed by atoms with Crippen molar-refractivity contribution in [3.8, 4) is 0 Å². The second-order valence-corrected chi connectivity index (χ2v) is 4.05. The zero-order valence-electron chi connectivity index (χ0n) is 10.9. The molecule has 1 heterocycles. The molecule has 5 heteroatoms. The second-order valence-electron chi connectivity index (χ2n) is 4.05. The molecular weight excluding hydrogens is 236 g/mol. The monoisotopic (exact) mass is 252 g/mol. The lowest BCUT2D eigenvalue weighted by molar-refractivity contribution is -0.152. The summed E-state index contributed by atoms with van der Waals surface area (Å²) in [6.07, 6.45) is 3.60. The first kappa shape index (κ1) is 14.0. The van der Waals surface area contributed by atoms with Crippen molar-refractivity contribution in [3.63, 3.8) is 0 Å². The van der Waals surface area contributed by atoms with E-state index in [0.717, 1.165) is 5.57 Å². The first-order valence-corrected chi connectivity index (χ1v) is 5.42. The minimum absolute atomic E-state index is 0.256. The molecule has 0 fully saturated rings. The van der Waals surface area contributed by atoms with Crippen LogP contribution in [-0.4, -0.2) is 25.3 Å². The lowest BCUT2D eigenvalue weighted by Crippen LogP contribution is -2.11. The normalized spacial score (nSPS) is 18.9. The van der Waals surface area contributed by atoms with Crippen molar-refractivity contribution in [2.75, 3.05) is 7.11 Å². The summed E-state index contributed by atoms with van der Waals surface area (Å²) in [5.74, 6) is -0.934. The minimum Gasteiger partial charge on any atom is -0.465 e. The van der Waals surface area contributed by atoms with E-state index in [1.54, 1.807) is 13.0 Å². The largest absolute Gasteiger partial charge is 0.465 e. The van der Waals surface area contributed by atoms with Crippen LogP contribution in [0.1, 0.15) is 20.8 Å². The maximum absolute atomic E-state index is 11.4. The van der Waals surface area contributed by atoms with Crippen molar-refractivity contribution in [3.05, 3.63) is 35.1 Å². The standard InChI is InChI=1S/C13H16O5/c1-8(2)5-10(13(15)16-4)7-17-11-6-9(3)12(14)18-11/h5-7,11H,1-4H3/b10-7+. The Morgan fingerprint density at radius 1 is 1.44 bits per heavy atom. The summed E-state index contributed by atoms with van der Waals surface area (Å²) < 4.78 is 14.7. The van der Waals surface area contributed by atoms with Gasteiger partial charge in [-0.25, -0.2) is 9.59 Å². The smallest absolute Gasteiger partial charge is 0.340 e. The molecule has 18 heavy (non-hydrogen) atoms. The molecule has 0 saturated heterocycles. The molecule has 1 rings (SSSR count). The van der Waals surface area contributed by atoms with Crippen LogP contribution in [0.5, 0.6) is 0 Å². The minimum atomic E-state index is -0.789. The Labute approximate surface area is 106 Å². The molecular formula is C13H16O5. The van der Waals surface area contributed by atoms with Gasteiger partial charge in [0.05, 0.1) is 12.7 Å². The average molecular weight is 252 g/mol. The van der Waals surface area contributed by atoms with E-state index < -0.39 is 18.2 Å². The van der Waals surface area contributed by atoms with Gasteiger partial charge < -0.3 is 14.2 Å². The number of methoxy groups -OCH3 is 1. The number of carbonyl (C=O) groups excluding carboxylic acids is 2. The van der Waals surface area contributed by atoms with E-state index in [1.807, 2.05) is 13.8 Å². The van der Waals surface area contributed by atoms with Crippen molar-refractivity contribution in [2.45, 2.75) is 27.1 Å². The van der Waals surface area contributed by atoms with E-state index in [2.05, 4.69) is 4.74 Å². The number of cyclic esters (lactones) is 1. The summed E-state index contributed by atoms with van der Waals surface area (Å²) in [7, 11) is 1.29. The van der Waals surface area contributed by atoms with Gasteiger partial charge >= 0.3 is 11.9 Å². The SMILES string of the molecule is COC(=O)/C(C=C(C)C)=C/OC1C=C(C)C(=O)O1. The van der Waals surface area contributed by atoms with Gasteiger partial charge in [-0.1, -0.05) is 5.57 Å². The number of hydrogen-bond donors (Lipinski definition) is 0. The second kappa shape index (κ2) is 6.05. The molecule has 1 atom stereocenters. The number of hydrogen-bond acceptors (Lipinski definition) is 5. The van der Waals surface area contributed by atoms with Crippen LogP contribution in [-0.2, 0) is 23.8 Å². The van der Waals surface area contributed by atoms with Gasteiger partial charge in [0.25, 0.3) is 6.29 Å². The highest BCUT2D eigenvalue weighted by Crippen LogP contribution is 2.15. The molecule has 0 amide bonds. The Kier molecular flexibility index (Phi) is 4.71. The van der Waals surface area contributed by atoms with E-state index >= 15 is 0 Å². The summed E-state index contributed by atoms with van der Waals surface area (Å²) in [5, 5.41) is 0. The molecule has 1 aliphatic heterocycles.